The van der Waals surface area contributed by atoms with Crippen molar-refractivity contribution >= 4 is 70.1 Å². The third-order valence-corrected chi connectivity index (χ3v) is 12.2. The molecule has 0 aliphatic carbocycles. The van der Waals surface area contributed by atoms with E-state index in [0.717, 1.165) is 62.0 Å². The summed E-state index contributed by atoms with van der Waals surface area (Å²) in [5, 5.41) is 6.67. The van der Waals surface area contributed by atoms with E-state index < -0.39 is 0 Å². The number of carbonyl (C=O) groups excluding carboxylic acids is 3. The van der Waals surface area contributed by atoms with Crippen molar-refractivity contribution in [2.75, 3.05) is 36.2 Å². The third-order valence-electron chi connectivity index (χ3n) is 11.8. The third kappa shape index (κ3) is 18.3. The number of nitrogens with zero attached hydrogens (tertiary/aromatic N) is 8. The lowest BCUT2D eigenvalue weighted by Crippen LogP contribution is -2.09. The molecular weight excluding hydrogens is 1050 g/mol. The molecule has 9 aromatic rings. The van der Waals surface area contributed by atoms with Crippen molar-refractivity contribution in [3.05, 3.63) is 209 Å². The van der Waals surface area contributed by atoms with Gasteiger partial charge in [-0.2, -0.15) is 29.9 Å². The van der Waals surface area contributed by atoms with Gasteiger partial charge < -0.3 is 39.7 Å². The summed E-state index contributed by atoms with van der Waals surface area (Å²) in [6.07, 6.45) is 9.45. The Morgan fingerprint density at radius 2 is 0.812 bits per heavy atom. The number of carbonyl (C=O) groups is 3. The fourth-order valence-corrected chi connectivity index (χ4v) is 7.91. The van der Waals surface area contributed by atoms with Gasteiger partial charge in [0.2, 0.25) is 22.5 Å². The van der Waals surface area contributed by atoms with Crippen LogP contribution in [0.25, 0.3) is 23.0 Å². The quantitative estimate of drug-likeness (QED) is 0.0249. The van der Waals surface area contributed by atoms with E-state index in [-0.39, 0.29) is 28.5 Å². The largest absolute Gasteiger partial charge is 0.462 e. The highest BCUT2D eigenvalue weighted by Crippen LogP contribution is 2.25. The number of nitrogen functional groups attached to an aromatic ring is 1. The molecule has 0 fully saturated rings. The Morgan fingerprint density at radius 1 is 0.450 bits per heavy atom. The summed E-state index contributed by atoms with van der Waals surface area (Å²) in [6.45, 7) is 8.80. The molecule has 5 aromatic carbocycles. The van der Waals surface area contributed by atoms with Crippen molar-refractivity contribution in [1.29, 1.82) is 0 Å². The maximum atomic E-state index is 12.4. The lowest BCUT2D eigenvalue weighted by Gasteiger charge is -2.13. The van der Waals surface area contributed by atoms with E-state index >= 15 is 0 Å². The number of anilines is 5. The van der Waals surface area contributed by atoms with E-state index in [1.54, 1.807) is 72.8 Å². The number of nitrogens with one attached hydrogen (secondary N) is 2. The number of ether oxygens (including phenoxy) is 3. The summed E-state index contributed by atoms with van der Waals surface area (Å²) in [7, 11) is 0. The van der Waals surface area contributed by atoms with Gasteiger partial charge in [0.1, 0.15) is 0 Å². The van der Waals surface area contributed by atoms with Crippen molar-refractivity contribution in [3.63, 3.8) is 0 Å². The second-order valence-electron chi connectivity index (χ2n) is 18.0. The first-order chi connectivity index (χ1) is 39.0. The fourth-order valence-electron chi connectivity index (χ4n) is 7.55. The highest BCUT2D eigenvalue weighted by Gasteiger charge is 2.16. The zero-order valence-corrected chi connectivity index (χ0v) is 46.3. The highest BCUT2D eigenvalue weighted by atomic mass is 35.5. The van der Waals surface area contributed by atoms with Crippen LogP contribution >= 0.6 is 23.2 Å². The van der Waals surface area contributed by atoms with Crippen LogP contribution in [0, 0.1) is 0 Å². The Hall–Kier alpha value is -8.93. The number of aromatic nitrogens is 8. The molecule has 4 aromatic heterocycles. The van der Waals surface area contributed by atoms with Crippen molar-refractivity contribution in [2.24, 2.45) is 0 Å². The first-order valence-corrected chi connectivity index (χ1v) is 27.1. The monoisotopic (exact) mass is 1120 g/mol. The normalized spacial score (nSPS) is 10.6. The second-order valence-corrected chi connectivity index (χ2v) is 18.7. The molecule has 9 rings (SSSR count). The molecule has 17 nitrogen and oxygen atoms in total. The lowest BCUT2D eigenvalue weighted by atomic mass is 10.2. The predicted octanol–water partition coefficient (Wildman–Crippen LogP) is 13.7. The van der Waals surface area contributed by atoms with E-state index in [9.17, 15) is 14.4 Å². The van der Waals surface area contributed by atoms with Crippen LogP contribution in [-0.2, 0) is 27.3 Å². The summed E-state index contributed by atoms with van der Waals surface area (Å²) < 4.78 is 19.8. The maximum absolute atomic E-state index is 12.4. The van der Waals surface area contributed by atoms with E-state index in [1.165, 1.54) is 5.56 Å². The summed E-state index contributed by atoms with van der Waals surface area (Å²) >= 11 is 11.6. The van der Waals surface area contributed by atoms with E-state index in [1.807, 2.05) is 91.5 Å². The molecule has 0 radical (unpaired) electrons. The molecular formula is C61H63Cl2N11O6. The fraction of sp³-hybridized carbons (Fsp3) is 0.230. The topological polar surface area (TPSA) is 216 Å². The number of benzene rings is 5. The van der Waals surface area contributed by atoms with Gasteiger partial charge in [0.25, 0.3) is 0 Å². The van der Waals surface area contributed by atoms with Crippen molar-refractivity contribution < 1.29 is 28.6 Å². The van der Waals surface area contributed by atoms with Gasteiger partial charge >= 0.3 is 17.9 Å². The SMILES string of the molecule is CCCCOC(=O)c1ccc(N)cc1.CCCCOC(=O)c1ccc(Nc2nc(Nc3ccc(C(=O)OCCCC)cc3)nc(-c3cccn3Cc3ccccc3)n2)cc1.Clc1nc(Cl)nc(-c2cccn2Cc2ccccc2)n1. The number of hydrogen-bond acceptors (Lipinski definition) is 15. The molecule has 0 atom stereocenters. The molecule has 0 saturated carbocycles. The molecule has 19 heteroatoms. The molecule has 4 N–H and O–H groups in total. The number of esters is 3. The molecule has 4 heterocycles. The van der Waals surface area contributed by atoms with Crippen LogP contribution in [-0.4, -0.2) is 76.8 Å². The zero-order chi connectivity index (χ0) is 56.5. The van der Waals surface area contributed by atoms with Gasteiger partial charge in [-0.3, -0.25) is 0 Å². The highest BCUT2D eigenvalue weighted by molar-refractivity contribution is 6.31. The molecule has 0 bridgehead atoms. The van der Waals surface area contributed by atoms with Gasteiger partial charge in [-0.25, -0.2) is 14.4 Å². The minimum atomic E-state index is -0.353. The molecule has 0 unspecified atom stereocenters. The van der Waals surface area contributed by atoms with Crippen molar-refractivity contribution in [1.82, 2.24) is 39.0 Å². The minimum absolute atomic E-state index is 0.0902. The standard InChI is InChI=1S/C36H38N6O4.C14H10Cl2N4.C11H15NO2/c1-3-5-23-45-33(43)27-14-18-29(19-15-27)37-35-39-32(31-13-10-22-42(31)25-26-11-8-7-9-12-26)40-36(41-35)38-30-20-16-28(17-21-30)34(44)46-24-6-4-2;15-13-17-12(18-14(16)19-13)11-7-4-8-20(11)9-10-5-2-1-3-6-10;1-2-3-8-14-11(13)9-4-6-10(12)7-5-9/h7-22H,3-6,23-25H2,1-2H3,(H2,37,38,39,40,41);1-8H,9H2;4-7H,2-3,8,12H2,1H3. The summed E-state index contributed by atoms with van der Waals surface area (Å²) in [6, 6.07) is 48.8. The van der Waals surface area contributed by atoms with Gasteiger partial charge in [-0.15, -0.1) is 0 Å². The molecule has 0 spiro atoms. The Labute approximate surface area is 475 Å². The van der Waals surface area contributed by atoms with Gasteiger partial charge in [0, 0.05) is 42.5 Å². The van der Waals surface area contributed by atoms with E-state index in [2.05, 4.69) is 66.3 Å². The molecule has 412 valence electrons. The number of rotatable bonds is 22. The van der Waals surface area contributed by atoms with Gasteiger partial charge in [0.05, 0.1) is 47.9 Å². The average molecular weight is 1120 g/mol. The molecule has 0 aliphatic rings. The van der Waals surface area contributed by atoms with Crippen molar-refractivity contribution in [3.8, 4) is 23.0 Å². The Morgan fingerprint density at radius 3 is 1.19 bits per heavy atom. The first-order valence-electron chi connectivity index (χ1n) is 26.3. The first kappa shape index (κ1) is 58.7. The summed E-state index contributed by atoms with van der Waals surface area (Å²) in [5.41, 5.74) is 13.0. The van der Waals surface area contributed by atoms with Crippen molar-refractivity contribution in [2.45, 2.75) is 72.4 Å². The Bertz CT molecular complexity index is 3260. The number of unbranched alkanes of at least 4 members (excludes halogenated alkanes) is 3. The minimum Gasteiger partial charge on any atom is -0.462 e. The van der Waals surface area contributed by atoms with Crippen LogP contribution < -0.4 is 16.4 Å². The summed E-state index contributed by atoms with van der Waals surface area (Å²) in [4.78, 5) is 62.2. The number of nitrogens with two attached hydrogens (primary N) is 1. The number of halogens is 2. The van der Waals surface area contributed by atoms with E-state index in [0.29, 0.717) is 83.7 Å². The lowest BCUT2D eigenvalue weighted by molar-refractivity contribution is 0.0490. The summed E-state index contributed by atoms with van der Waals surface area (Å²) in [5.74, 6) is 0.577. The second kappa shape index (κ2) is 30.9. The van der Waals surface area contributed by atoms with Crippen LogP contribution in [0.4, 0.5) is 29.0 Å². The van der Waals surface area contributed by atoms with Gasteiger partial charge in [-0.05, 0) is 151 Å². The van der Waals surface area contributed by atoms with Gasteiger partial charge in [0.15, 0.2) is 11.6 Å². The van der Waals surface area contributed by atoms with Crippen LogP contribution in [0.3, 0.4) is 0 Å². The Balaban J connectivity index is 0.000000220. The molecule has 0 amide bonds. The molecule has 80 heavy (non-hydrogen) atoms. The Kier molecular flexibility index (Phi) is 22.7. The molecule has 0 aliphatic heterocycles. The van der Waals surface area contributed by atoms with Gasteiger partial charge in [-0.1, -0.05) is 101 Å². The number of hydrogen-bond donors (Lipinski definition) is 3. The maximum Gasteiger partial charge on any atom is 0.338 e. The van der Waals surface area contributed by atoms with Crippen LogP contribution in [0.5, 0.6) is 0 Å². The molecule has 0 saturated heterocycles. The van der Waals surface area contributed by atoms with Crippen LogP contribution in [0.15, 0.2) is 170 Å². The smallest absolute Gasteiger partial charge is 0.338 e. The average Bonchev–Trinajstić information content (AvgIpc) is 4.18. The van der Waals surface area contributed by atoms with Crippen LogP contribution in [0.1, 0.15) is 101 Å². The van der Waals surface area contributed by atoms with Crippen LogP contribution in [0.2, 0.25) is 10.6 Å². The van der Waals surface area contributed by atoms with E-state index in [4.69, 9.17) is 53.1 Å². The zero-order valence-electron chi connectivity index (χ0n) is 44.8. The predicted molar refractivity (Wildman–Crippen MR) is 313 cm³/mol.